The molecule has 0 unspecified atom stereocenters. The summed E-state index contributed by atoms with van der Waals surface area (Å²) in [5.41, 5.74) is 10.8. The first-order valence-corrected chi connectivity index (χ1v) is 9.79. The molecule has 0 saturated heterocycles. The summed E-state index contributed by atoms with van der Waals surface area (Å²) < 4.78 is 4.24. The minimum atomic E-state index is 0.311. The maximum absolute atomic E-state index is 9.02. The monoisotopic (exact) mass is 431 g/mol. The van der Waals surface area contributed by atoms with Gasteiger partial charge in [0.1, 0.15) is 5.82 Å². The lowest BCUT2D eigenvalue weighted by Gasteiger charge is -2.28. The highest BCUT2D eigenvalue weighted by Crippen LogP contribution is 2.40. The third kappa shape index (κ3) is 3.09. The molecule has 0 amide bonds. The molecule has 0 atom stereocenters. The summed E-state index contributed by atoms with van der Waals surface area (Å²) in [7, 11) is 1.88. The number of fused-ring (bicyclic) bond motifs is 1. The number of nitrogens with zero attached hydrogens (tertiary/aromatic N) is 6. The first-order valence-electron chi connectivity index (χ1n) is 8.99. The number of aryl methyl sites for hydroxylation is 1. The highest BCUT2D eigenvalue weighted by molar-refractivity contribution is 9.10. The van der Waals surface area contributed by atoms with E-state index in [0.29, 0.717) is 17.7 Å². The van der Waals surface area contributed by atoms with E-state index in [-0.39, 0.29) is 0 Å². The number of aromatic nitrogens is 5. The molecule has 8 nitrogen and oxygen atoms in total. The summed E-state index contributed by atoms with van der Waals surface area (Å²) in [5, 5.41) is 21.1. The molecule has 1 aliphatic rings. The van der Waals surface area contributed by atoms with Crippen LogP contribution in [0.3, 0.4) is 0 Å². The van der Waals surface area contributed by atoms with Gasteiger partial charge in [-0.25, -0.2) is 4.98 Å². The van der Waals surface area contributed by atoms with Crippen molar-refractivity contribution < 1.29 is 5.21 Å². The van der Waals surface area contributed by atoms with E-state index in [2.05, 4.69) is 31.3 Å². The van der Waals surface area contributed by atoms with Crippen molar-refractivity contribution >= 4 is 33.1 Å². The predicted octanol–water partition coefficient (Wildman–Crippen LogP) is 3.60. The molecule has 0 aliphatic heterocycles. The Morgan fingerprint density at radius 2 is 2.00 bits per heavy atom. The number of nitrogen functional groups attached to an aromatic ring is 1. The smallest absolute Gasteiger partial charge is 0.165 e. The van der Waals surface area contributed by atoms with Crippen LogP contribution < -0.4 is 5.73 Å². The lowest BCUT2D eigenvalue weighted by molar-refractivity contribution is 0.306. The molecule has 1 aliphatic carbocycles. The molecule has 3 aromatic rings. The molecule has 0 radical (unpaired) electrons. The highest BCUT2D eigenvalue weighted by Gasteiger charge is 2.28. The van der Waals surface area contributed by atoms with Crippen molar-refractivity contribution in [2.24, 2.45) is 18.1 Å². The Bertz CT molecular complexity index is 1010. The van der Waals surface area contributed by atoms with Gasteiger partial charge in [0.25, 0.3) is 0 Å². The molecule has 3 aromatic heterocycles. The van der Waals surface area contributed by atoms with E-state index in [1.807, 2.05) is 20.2 Å². The standard InChI is InChI=1S/C18H22BrN7O/c1-10(24-27)11-3-5-12(6-4-11)16-15(19)17(20)26-18(23-16)14(8-22-26)13-7-21-25(2)9-13/h7-9,11-12,27H,3-6,20H2,1-2H3/b24-10-. The van der Waals surface area contributed by atoms with Crippen LogP contribution in [-0.4, -0.2) is 35.3 Å². The fourth-order valence-corrected chi connectivity index (χ4v) is 4.49. The average Bonchev–Trinajstić information content (AvgIpc) is 3.30. The third-order valence-corrected chi connectivity index (χ3v) is 6.34. The van der Waals surface area contributed by atoms with Crippen molar-refractivity contribution in [2.45, 2.75) is 38.5 Å². The number of nitrogens with two attached hydrogens (primary N) is 1. The van der Waals surface area contributed by atoms with Gasteiger partial charge in [-0.1, -0.05) is 5.16 Å². The molecule has 0 spiro atoms. The number of hydrogen-bond donors (Lipinski definition) is 2. The summed E-state index contributed by atoms with van der Waals surface area (Å²) in [4.78, 5) is 4.95. The van der Waals surface area contributed by atoms with E-state index in [1.54, 1.807) is 21.6 Å². The third-order valence-electron chi connectivity index (χ3n) is 5.53. The molecule has 1 fully saturated rings. The van der Waals surface area contributed by atoms with Gasteiger partial charge in [0.05, 0.1) is 28.3 Å². The number of anilines is 1. The molecule has 0 bridgehead atoms. The number of oxime groups is 1. The van der Waals surface area contributed by atoms with Gasteiger partial charge in [-0.2, -0.15) is 14.7 Å². The predicted molar refractivity (Wildman–Crippen MR) is 107 cm³/mol. The van der Waals surface area contributed by atoms with Crippen molar-refractivity contribution in [2.75, 3.05) is 5.73 Å². The lowest BCUT2D eigenvalue weighted by atomic mass is 9.78. The molecule has 9 heteroatoms. The number of halogens is 1. The van der Waals surface area contributed by atoms with Crippen molar-refractivity contribution in [1.82, 2.24) is 24.4 Å². The maximum Gasteiger partial charge on any atom is 0.165 e. The quantitative estimate of drug-likeness (QED) is 0.374. The maximum atomic E-state index is 9.02. The molecule has 3 N–H and O–H groups in total. The lowest BCUT2D eigenvalue weighted by Crippen LogP contribution is -2.20. The minimum Gasteiger partial charge on any atom is -0.411 e. The van der Waals surface area contributed by atoms with E-state index in [0.717, 1.165) is 58.3 Å². The zero-order valence-electron chi connectivity index (χ0n) is 15.3. The van der Waals surface area contributed by atoms with E-state index in [4.69, 9.17) is 15.9 Å². The van der Waals surface area contributed by atoms with Crippen LogP contribution >= 0.6 is 15.9 Å². The summed E-state index contributed by atoms with van der Waals surface area (Å²) in [5.74, 6) is 1.21. The van der Waals surface area contributed by atoms with Gasteiger partial charge in [0, 0.05) is 36.2 Å². The second-order valence-electron chi connectivity index (χ2n) is 7.18. The molecule has 27 heavy (non-hydrogen) atoms. The van der Waals surface area contributed by atoms with E-state index in [1.165, 1.54) is 0 Å². The van der Waals surface area contributed by atoms with Crippen LogP contribution in [0.15, 0.2) is 28.2 Å². The number of hydrogen-bond acceptors (Lipinski definition) is 6. The summed E-state index contributed by atoms with van der Waals surface area (Å²) >= 11 is 3.64. The van der Waals surface area contributed by atoms with Crippen LogP contribution in [-0.2, 0) is 7.05 Å². The summed E-state index contributed by atoms with van der Waals surface area (Å²) in [6, 6.07) is 0. The molecule has 142 valence electrons. The van der Waals surface area contributed by atoms with Gasteiger partial charge >= 0.3 is 0 Å². The highest BCUT2D eigenvalue weighted by atomic mass is 79.9. The molecular weight excluding hydrogens is 410 g/mol. The second-order valence-corrected chi connectivity index (χ2v) is 7.98. The Morgan fingerprint density at radius 1 is 1.26 bits per heavy atom. The van der Waals surface area contributed by atoms with Gasteiger partial charge in [-0.3, -0.25) is 4.68 Å². The average molecular weight is 432 g/mol. The van der Waals surface area contributed by atoms with Crippen molar-refractivity contribution in [1.29, 1.82) is 0 Å². The molecule has 4 rings (SSSR count). The Balaban J connectivity index is 1.72. The summed E-state index contributed by atoms with van der Waals surface area (Å²) in [6.07, 6.45) is 9.45. The molecule has 0 aromatic carbocycles. The first-order chi connectivity index (χ1) is 13.0. The van der Waals surface area contributed by atoms with Gasteiger partial charge in [-0.15, -0.1) is 0 Å². The van der Waals surface area contributed by atoms with Gasteiger partial charge in [0.2, 0.25) is 0 Å². The molecule has 3 heterocycles. The first kappa shape index (κ1) is 18.0. The van der Waals surface area contributed by atoms with Crippen LogP contribution in [0.5, 0.6) is 0 Å². The van der Waals surface area contributed by atoms with Crippen molar-refractivity contribution in [3.8, 4) is 11.1 Å². The zero-order chi connectivity index (χ0) is 19.1. The Labute approximate surface area is 165 Å². The molecular formula is C18H22BrN7O. The minimum absolute atomic E-state index is 0.311. The zero-order valence-corrected chi connectivity index (χ0v) is 16.9. The van der Waals surface area contributed by atoms with E-state index >= 15 is 0 Å². The largest absolute Gasteiger partial charge is 0.411 e. The number of rotatable bonds is 3. The van der Waals surface area contributed by atoms with Gasteiger partial charge in [0.15, 0.2) is 5.65 Å². The SMILES string of the molecule is C/C(=N/O)C1CCC(c2nc3c(-c4cnn(C)c4)cnn3c(N)c2Br)CC1. The topological polar surface area (TPSA) is 107 Å². The van der Waals surface area contributed by atoms with Gasteiger partial charge < -0.3 is 10.9 Å². The van der Waals surface area contributed by atoms with Crippen LogP contribution in [0.4, 0.5) is 5.82 Å². The van der Waals surface area contributed by atoms with Crippen LogP contribution in [0.1, 0.15) is 44.2 Å². The van der Waals surface area contributed by atoms with Crippen molar-refractivity contribution in [3.63, 3.8) is 0 Å². The fourth-order valence-electron chi connectivity index (χ4n) is 3.91. The van der Waals surface area contributed by atoms with Crippen molar-refractivity contribution in [3.05, 3.63) is 28.8 Å². The Hall–Kier alpha value is -2.42. The normalized spacial score (nSPS) is 21.1. The van der Waals surface area contributed by atoms with E-state index in [9.17, 15) is 0 Å². The van der Waals surface area contributed by atoms with Gasteiger partial charge in [-0.05, 0) is 48.5 Å². The summed E-state index contributed by atoms with van der Waals surface area (Å²) in [6.45, 7) is 1.88. The second kappa shape index (κ2) is 6.95. The van der Waals surface area contributed by atoms with Crippen LogP contribution in [0, 0.1) is 5.92 Å². The Kier molecular flexibility index (Phi) is 4.63. The van der Waals surface area contributed by atoms with Crippen LogP contribution in [0.2, 0.25) is 0 Å². The van der Waals surface area contributed by atoms with Crippen LogP contribution in [0.25, 0.3) is 16.8 Å². The van der Waals surface area contributed by atoms with E-state index < -0.39 is 0 Å². The fraction of sp³-hybridized carbons (Fsp3) is 0.444. The Morgan fingerprint density at radius 3 is 2.63 bits per heavy atom. The molecule has 1 saturated carbocycles.